The molecule has 1 unspecified atom stereocenters. The fourth-order valence-corrected chi connectivity index (χ4v) is 1.84. The summed E-state index contributed by atoms with van der Waals surface area (Å²) in [6, 6.07) is 10.5. The van der Waals surface area contributed by atoms with Crippen LogP contribution in [0.4, 0.5) is 0 Å². The Morgan fingerprint density at radius 2 is 2.00 bits per heavy atom. The summed E-state index contributed by atoms with van der Waals surface area (Å²) in [6.45, 7) is 3.63. The molecule has 0 spiro atoms. The molecule has 0 bridgehead atoms. The van der Waals surface area contributed by atoms with Crippen LogP contribution in [0.3, 0.4) is 0 Å². The largest absolute Gasteiger partial charge is 0.382 e. The number of hydrogen-bond acceptors (Lipinski definition) is 1. The summed E-state index contributed by atoms with van der Waals surface area (Å²) in [5.41, 5.74) is 1.36. The van der Waals surface area contributed by atoms with Crippen LogP contribution in [-0.2, 0) is 11.2 Å². The van der Waals surface area contributed by atoms with Crippen LogP contribution in [0.1, 0.15) is 18.9 Å². The van der Waals surface area contributed by atoms with Crippen molar-refractivity contribution in [1.29, 1.82) is 0 Å². The van der Waals surface area contributed by atoms with E-state index in [-0.39, 0.29) is 0 Å². The third-order valence-electron chi connectivity index (χ3n) is 2.46. The summed E-state index contributed by atoms with van der Waals surface area (Å²) in [4.78, 5) is 0. The summed E-state index contributed by atoms with van der Waals surface area (Å²) < 4.78 is 5.34. The topological polar surface area (TPSA) is 9.23 Å². The second-order valence-corrected chi connectivity index (χ2v) is 4.00. The van der Waals surface area contributed by atoms with E-state index in [2.05, 4.69) is 24.3 Å². The van der Waals surface area contributed by atoms with Crippen molar-refractivity contribution in [1.82, 2.24) is 0 Å². The fourth-order valence-electron chi connectivity index (χ4n) is 1.58. The minimum Gasteiger partial charge on any atom is -0.382 e. The van der Waals surface area contributed by atoms with Crippen LogP contribution in [0.15, 0.2) is 30.3 Å². The molecule has 0 saturated heterocycles. The minimum atomic E-state index is 0.528. The van der Waals surface area contributed by atoms with E-state index in [1.807, 2.05) is 13.0 Å². The average molecular weight is 227 g/mol. The van der Waals surface area contributed by atoms with E-state index in [0.29, 0.717) is 11.8 Å². The van der Waals surface area contributed by atoms with Crippen LogP contribution in [0.25, 0.3) is 0 Å². The number of alkyl halides is 1. The highest BCUT2D eigenvalue weighted by Gasteiger charge is 2.07. The Bertz CT molecular complexity index is 248. The number of hydrogen-bond donors (Lipinski definition) is 0. The molecular formula is C13H19ClO. The predicted molar refractivity (Wildman–Crippen MR) is 65.5 cm³/mol. The zero-order valence-electron chi connectivity index (χ0n) is 9.29. The summed E-state index contributed by atoms with van der Waals surface area (Å²) >= 11 is 5.94. The summed E-state index contributed by atoms with van der Waals surface area (Å²) in [5, 5.41) is 0. The minimum absolute atomic E-state index is 0.528. The zero-order chi connectivity index (χ0) is 10.9. The number of halogens is 1. The zero-order valence-corrected chi connectivity index (χ0v) is 10.0. The van der Waals surface area contributed by atoms with Gasteiger partial charge in [-0.25, -0.2) is 0 Å². The van der Waals surface area contributed by atoms with Crippen LogP contribution in [0.2, 0.25) is 0 Å². The molecule has 84 valence electrons. The molecule has 1 atom stereocenters. The molecule has 0 aliphatic heterocycles. The molecule has 0 aliphatic carbocycles. The first kappa shape index (κ1) is 12.5. The standard InChI is InChI=1S/C13H19ClO/c1-2-15-9-8-13(11-14)10-12-6-4-3-5-7-12/h3-7,13H,2,8-11H2,1H3. The SMILES string of the molecule is CCOCCC(CCl)Cc1ccccc1. The Morgan fingerprint density at radius 3 is 2.60 bits per heavy atom. The van der Waals surface area contributed by atoms with Crippen molar-refractivity contribution in [3.63, 3.8) is 0 Å². The summed E-state index contributed by atoms with van der Waals surface area (Å²) in [7, 11) is 0. The van der Waals surface area contributed by atoms with Gasteiger partial charge in [-0.3, -0.25) is 0 Å². The van der Waals surface area contributed by atoms with E-state index in [4.69, 9.17) is 16.3 Å². The third kappa shape index (κ3) is 5.19. The molecule has 0 heterocycles. The smallest absolute Gasteiger partial charge is 0.0469 e. The van der Waals surface area contributed by atoms with Gasteiger partial charge in [0.15, 0.2) is 0 Å². The lowest BCUT2D eigenvalue weighted by Crippen LogP contribution is -2.10. The van der Waals surface area contributed by atoms with Crippen molar-refractivity contribution < 1.29 is 4.74 Å². The monoisotopic (exact) mass is 226 g/mol. The first-order valence-electron chi connectivity index (χ1n) is 5.54. The molecular weight excluding hydrogens is 208 g/mol. The first-order chi connectivity index (χ1) is 7.36. The summed E-state index contributed by atoms with van der Waals surface area (Å²) in [5.74, 6) is 1.24. The lowest BCUT2D eigenvalue weighted by atomic mass is 9.98. The lowest BCUT2D eigenvalue weighted by Gasteiger charge is -2.13. The highest BCUT2D eigenvalue weighted by atomic mass is 35.5. The van der Waals surface area contributed by atoms with Gasteiger partial charge in [-0.05, 0) is 31.2 Å². The van der Waals surface area contributed by atoms with E-state index >= 15 is 0 Å². The van der Waals surface area contributed by atoms with Crippen molar-refractivity contribution in [3.8, 4) is 0 Å². The van der Waals surface area contributed by atoms with E-state index < -0.39 is 0 Å². The van der Waals surface area contributed by atoms with Crippen molar-refractivity contribution in [2.24, 2.45) is 5.92 Å². The molecule has 0 fully saturated rings. The van der Waals surface area contributed by atoms with E-state index in [0.717, 1.165) is 26.1 Å². The highest BCUT2D eigenvalue weighted by Crippen LogP contribution is 2.14. The summed E-state index contributed by atoms with van der Waals surface area (Å²) in [6.07, 6.45) is 2.10. The lowest BCUT2D eigenvalue weighted by molar-refractivity contribution is 0.134. The van der Waals surface area contributed by atoms with Crippen molar-refractivity contribution >= 4 is 11.6 Å². The van der Waals surface area contributed by atoms with Gasteiger partial charge in [0, 0.05) is 19.1 Å². The molecule has 0 saturated carbocycles. The molecule has 0 amide bonds. The number of benzene rings is 1. The van der Waals surface area contributed by atoms with Gasteiger partial charge < -0.3 is 4.74 Å². The second-order valence-electron chi connectivity index (χ2n) is 3.70. The van der Waals surface area contributed by atoms with Crippen molar-refractivity contribution in [3.05, 3.63) is 35.9 Å². The van der Waals surface area contributed by atoms with E-state index in [1.165, 1.54) is 5.56 Å². The highest BCUT2D eigenvalue weighted by molar-refractivity contribution is 6.18. The average Bonchev–Trinajstić information content (AvgIpc) is 2.29. The van der Waals surface area contributed by atoms with Gasteiger partial charge >= 0.3 is 0 Å². The Morgan fingerprint density at radius 1 is 1.27 bits per heavy atom. The molecule has 1 rings (SSSR count). The Labute approximate surface area is 97.4 Å². The molecule has 15 heavy (non-hydrogen) atoms. The Balaban J connectivity index is 2.33. The maximum atomic E-state index is 5.94. The van der Waals surface area contributed by atoms with Crippen LogP contribution >= 0.6 is 11.6 Å². The molecule has 0 N–H and O–H groups in total. The van der Waals surface area contributed by atoms with Gasteiger partial charge in [0.05, 0.1) is 0 Å². The van der Waals surface area contributed by atoms with Gasteiger partial charge in [0.25, 0.3) is 0 Å². The van der Waals surface area contributed by atoms with Gasteiger partial charge in [-0.15, -0.1) is 11.6 Å². The third-order valence-corrected chi connectivity index (χ3v) is 2.90. The quantitative estimate of drug-likeness (QED) is 0.511. The fraction of sp³-hybridized carbons (Fsp3) is 0.538. The number of ether oxygens (including phenoxy) is 1. The van der Waals surface area contributed by atoms with Gasteiger partial charge in [0.2, 0.25) is 0 Å². The molecule has 0 aromatic heterocycles. The first-order valence-corrected chi connectivity index (χ1v) is 6.08. The maximum absolute atomic E-state index is 5.94. The molecule has 0 aliphatic rings. The van der Waals surface area contributed by atoms with E-state index in [1.54, 1.807) is 0 Å². The molecule has 1 aromatic carbocycles. The molecule has 0 radical (unpaired) electrons. The predicted octanol–water partition coefficient (Wildman–Crippen LogP) is 3.51. The second kappa shape index (κ2) is 7.72. The van der Waals surface area contributed by atoms with Crippen molar-refractivity contribution in [2.45, 2.75) is 19.8 Å². The molecule has 2 heteroatoms. The van der Waals surface area contributed by atoms with Crippen LogP contribution in [0, 0.1) is 5.92 Å². The van der Waals surface area contributed by atoms with Crippen molar-refractivity contribution in [2.75, 3.05) is 19.1 Å². The Kier molecular flexibility index (Phi) is 6.45. The van der Waals surface area contributed by atoms with Crippen LogP contribution < -0.4 is 0 Å². The van der Waals surface area contributed by atoms with E-state index in [9.17, 15) is 0 Å². The molecule has 1 aromatic rings. The molecule has 1 nitrogen and oxygen atoms in total. The maximum Gasteiger partial charge on any atom is 0.0469 e. The van der Waals surface area contributed by atoms with Crippen LogP contribution in [0.5, 0.6) is 0 Å². The van der Waals surface area contributed by atoms with Crippen LogP contribution in [-0.4, -0.2) is 19.1 Å². The van der Waals surface area contributed by atoms with Gasteiger partial charge in [-0.1, -0.05) is 30.3 Å². The normalized spacial score (nSPS) is 12.7. The Hall–Kier alpha value is -0.530. The van der Waals surface area contributed by atoms with Gasteiger partial charge in [0.1, 0.15) is 0 Å². The van der Waals surface area contributed by atoms with Gasteiger partial charge in [-0.2, -0.15) is 0 Å². The number of rotatable bonds is 7.